The first-order valence-corrected chi connectivity index (χ1v) is 11.9. The number of amides is 3. The molecule has 0 heterocycles. The Morgan fingerprint density at radius 2 is 1.56 bits per heavy atom. The van der Waals surface area contributed by atoms with E-state index in [9.17, 15) is 24.3 Å². The number of carbonyl (C=O) groups is 4. The third-order valence-electron chi connectivity index (χ3n) is 5.68. The van der Waals surface area contributed by atoms with Crippen LogP contribution in [0, 0.1) is 5.92 Å². The maximum Gasteiger partial charge on any atom is 0.326 e. The number of carboxylic acids is 1. The maximum atomic E-state index is 13.1. The van der Waals surface area contributed by atoms with Crippen molar-refractivity contribution < 1.29 is 24.3 Å². The molecule has 1 aromatic carbocycles. The summed E-state index contributed by atoms with van der Waals surface area (Å²) in [5.41, 5.74) is 17.0. The molecule has 1 rings (SSSR count). The average molecular weight is 506 g/mol. The second-order valence-corrected chi connectivity index (χ2v) is 8.76. The van der Waals surface area contributed by atoms with Gasteiger partial charge in [-0.05, 0) is 31.2 Å². The van der Waals surface area contributed by atoms with Crippen molar-refractivity contribution in [2.75, 3.05) is 6.54 Å². The van der Waals surface area contributed by atoms with Crippen molar-refractivity contribution in [3.63, 3.8) is 0 Å². The van der Waals surface area contributed by atoms with Gasteiger partial charge in [0, 0.05) is 13.0 Å². The summed E-state index contributed by atoms with van der Waals surface area (Å²) in [7, 11) is 0. The van der Waals surface area contributed by atoms with Crippen LogP contribution in [0.4, 0.5) is 0 Å². The van der Waals surface area contributed by atoms with Crippen LogP contribution in [0.25, 0.3) is 0 Å². The van der Waals surface area contributed by atoms with Gasteiger partial charge in [0.1, 0.15) is 18.1 Å². The lowest BCUT2D eigenvalue weighted by Crippen LogP contribution is -2.58. The molecular weight excluding hydrogens is 466 g/mol. The molecule has 0 saturated carbocycles. The molecule has 10 N–H and O–H groups in total. The molecule has 0 spiro atoms. The van der Waals surface area contributed by atoms with E-state index >= 15 is 0 Å². The Balaban J connectivity index is 3.01. The van der Waals surface area contributed by atoms with E-state index in [1.165, 1.54) is 6.92 Å². The summed E-state index contributed by atoms with van der Waals surface area (Å²) in [4.78, 5) is 54.1. The van der Waals surface area contributed by atoms with Gasteiger partial charge in [-0.1, -0.05) is 50.6 Å². The predicted octanol–water partition coefficient (Wildman–Crippen LogP) is -0.785. The first-order chi connectivity index (χ1) is 17.0. The quantitative estimate of drug-likeness (QED) is 0.0908. The van der Waals surface area contributed by atoms with Crippen molar-refractivity contribution in [3.8, 4) is 0 Å². The van der Waals surface area contributed by atoms with Crippen LogP contribution in [-0.2, 0) is 25.6 Å². The first-order valence-electron chi connectivity index (χ1n) is 11.9. The fourth-order valence-corrected chi connectivity index (χ4v) is 3.34. The van der Waals surface area contributed by atoms with Gasteiger partial charge in [0.15, 0.2) is 5.96 Å². The molecule has 5 unspecified atom stereocenters. The zero-order valence-corrected chi connectivity index (χ0v) is 21.1. The molecule has 0 aromatic heterocycles. The summed E-state index contributed by atoms with van der Waals surface area (Å²) in [6, 6.07) is 4.87. The molecule has 0 radical (unpaired) electrons. The van der Waals surface area contributed by atoms with Gasteiger partial charge in [0.05, 0.1) is 6.04 Å². The molecule has 0 bridgehead atoms. The molecule has 36 heavy (non-hydrogen) atoms. The minimum Gasteiger partial charge on any atom is -0.480 e. The number of rotatable bonds is 15. The smallest absolute Gasteiger partial charge is 0.326 e. The molecule has 1 aromatic rings. The molecule has 0 aliphatic carbocycles. The molecule has 12 nitrogen and oxygen atoms in total. The largest absolute Gasteiger partial charge is 0.480 e. The molecular formula is C24H39N7O5. The lowest BCUT2D eigenvalue weighted by Gasteiger charge is -2.28. The highest BCUT2D eigenvalue weighted by Crippen LogP contribution is 2.11. The van der Waals surface area contributed by atoms with Crippen molar-refractivity contribution >= 4 is 29.7 Å². The molecule has 0 saturated heterocycles. The number of benzene rings is 1. The standard InChI is InChI=1S/C24H39N7O5/c1-4-14(2)19(22(34)30-18(23(35)36)13-16-9-6-5-7-10-16)31-21(33)17(29-20(32)15(3)25)11-8-12-28-24(26)27/h5-7,9-10,14-15,17-19H,4,8,11-13,25H2,1-3H3,(H,29,32)(H,30,34)(H,31,33)(H,35,36)(H4,26,27,28). The number of guanidine groups is 1. The molecule has 12 heteroatoms. The molecule has 200 valence electrons. The topological polar surface area (TPSA) is 215 Å². The Hall–Kier alpha value is -3.67. The van der Waals surface area contributed by atoms with Gasteiger partial charge < -0.3 is 38.3 Å². The number of carboxylic acid groups (broad SMARTS) is 1. The van der Waals surface area contributed by atoms with E-state index in [0.717, 1.165) is 5.56 Å². The van der Waals surface area contributed by atoms with Crippen LogP contribution >= 0.6 is 0 Å². The number of nitrogens with two attached hydrogens (primary N) is 3. The van der Waals surface area contributed by atoms with Gasteiger partial charge in [-0.25, -0.2) is 4.79 Å². The predicted molar refractivity (Wildman–Crippen MR) is 137 cm³/mol. The summed E-state index contributed by atoms with van der Waals surface area (Å²) in [5.74, 6) is -3.35. The van der Waals surface area contributed by atoms with Crippen molar-refractivity contribution in [3.05, 3.63) is 35.9 Å². The highest BCUT2D eigenvalue weighted by atomic mass is 16.4. The fraction of sp³-hybridized carbons (Fsp3) is 0.542. The lowest BCUT2D eigenvalue weighted by atomic mass is 9.96. The van der Waals surface area contributed by atoms with Crippen molar-refractivity contribution in [1.29, 1.82) is 0 Å². The molecule has 0 aliphatic heterocycles. The number of aliphatic imine (C=N–C) groups is 1. The molecule has 3 amide bonds. The Labute approximate surface area is 211 Å². The third-order valence-corrected chi connectivity index (χ3v) is 5.68. The Morgan fingerprint density at radius 1 is 0.944 bits per heavy atom. The molecule has 0 aliphatic rings. The van der Waals surface area contributed by atoms with E-state index in [2.05, 4.69) is 20.9 Å². The van der Waals surface area contributed by atoms with Gasteiger partial charge >= 0.3 is 5.97 Å². The Morgan fingerprint density at radius 3 is 2.08 bits per heavy atom. The number of hydrogen-bond donors (Lipinski definition) is 7. The second kappa shape index (κ2) is 15.4. The van der Waals surface area contributed by atoms with Crippen LogP contribution in [-0.4, -0.2) is 65.5 Å². The van der Waals surface area contributed by atoms with E-state index in [1.54, 1.807) is 31.2 Å². The van der Waals surface area contributed by atoms with Gasteiger partial charge in [-0.2, -0.15) is 0 Å². The summed E-state index contributed by atoms with van der Waals surface area (Å²) >= 11 is 0. The Kier molecular flexibility index (Phi) is 12.9. The highest BCUT2D eigenvalue weighted by molar-refractivity contribution is 5.94. The zero-order chi connectivity index (χ0) is 27.3. The van der Waals surface area contributed by atoms with E-state index in [0.29, 0.717) is 12.8 Å². The van der Waals surface area contributed by atoms with Crippen molar-refractivity contribution in [1.82, 2.24) is 16.0 Å². The van der Waals surface area contributed by atoms with E-state index < -0.39 is 47.9 Å². The van der Waals surface area contributed by atoms with Crippen LogP contribution in [0.5, 0.6) is 0 Å². The normalized spacial score (nSPS) is 14.9. The number of aliphatic carboxylic acids is 1. The third kappa shape index (κ3) is 10.7. The van der Waals surface area contributed by atoms with Crippen LogP contribution in [0.1, 0.15) is 45.6 Å². The second-order valence-electron chi connectivity index (χ2n) is 8.76. The zero-order valence-electron chi connectivity index (χ0n) is 21.1. The van der Waals surface area contributed by atoms with Gasteiger partial charge in [-0.3, -0.25) is 19.4 Å². The minimum absolute atomic E-state index is 0.0843. The number of nitrogens with one attached hydrogen (secondary N) is 3. The SMILES string of the molecule is CCC(C)C(NC(=O)C(CCCN=C(N)N)NC(=O)C(C)N)C(=O)NC(Cc1ccccc1)C(=O)O. The van der Waals surface area contributed by atoms with E-state index in [-0.39, 0.29) is 31.3 Å². The van der Waals surface area contributed by atoms with Crippen LogP contribution in [0.2, 0.25) is 0 Å². The van der Waals surface area contributed by atoms with Gasteiger partial charge in [-0.15, -0.1) is 0 Å². The monoisotopic (exact) mass is 505 g/mol. The summed E-state index contributed by atoms with van der Waals surface area (Å²) in [5, 5.41) is 17.5. The molecule has 0 fully saturated rings. The van der Waals surface area contributed by atoms with E-state index in [4.69, 9.17) is 17.2 Å². The summed E-state index contributed by atoms with van der Waals surface area (Å²) in [6.07, 6.45) is 1.20. The number of hydrogen-bond acceptors (Lipinski definition) is 6. The first kappa shape index (κ1) is 30.4. The summed E-state index contributed by atoms with van der Waals surface area (Å²) < 4.78 is 0. The number of nitrogens with zero attached hydrogens (tertiary/aromatic N) is 1. The maximum absolute atomic E-state index is 13.1. The average Bonchev–Trinajstić information content (AvgIpc) is 2.83. The van der Waals surface area contributed by atoms with E-state index in [1.807, 2.05) is 13.0 Å². The highest BCUT2D eigenvalue weighted by Gasteiger charge is 2.32. The minimum atomic E-state index is -1.19. The van der Waals surface area contributed by atoms with Crippen LogP contribution in [0.3, 0.4) is 0 Å². The van der Waals surface area contributed by atoms with Crippen LogP contribution in [0.15, 0.2) is 35.3 Å². The number of carbonyl (C=O) groups excluding carboxylic acids is 3. The van der Waals surface area contributed by atoms with Crippen molar-refractivity contribution in [2.24, 2.45) is 28.1 Å². The van der Waals surface area contributed by atoms with Crippen molar-refractivity contribution in [2.45, 2.75) is 70.6 Å². The Bertz CT molecular complexity index is 903. The fourth-order valence-electron chi connectivity index (χ4n) is 3.34. The van der Waals surface area contributed by atoms with Gasteiger partial charge in [0.2, 0.25) is 17.7 Å². The lowest BCUT2D eigenvalue weighted by molar-refractivity contribution is -0.142. The van der Waals surface area contributed by atoms with Gasteiger partial charge in [0.25, 0.3) is 0 Å². The van der Waals surface area contributed by atoms with Crippen LogP contribution < -0.4 is 33.2 Å². The molecule has 5 atom stereocenters. The summed E-state index contributed by atoms with van der Waals surface area (Å²) in [6.45, 7) is 5.35.